The summed E-state index contributed by atoms with van der Waals surface area (Å²) in [6.07, 6.45) is 1.79. The van der Waals surface area contributed by atoms with Crippen molar-refractivity contribution in [1.82, 2.24) is 4.72 Å². The van der Waals surface area contributed by atoms with Crippen LogP contribution in [0.4, 0.5) is 5.69 Å². The standard InChI is InChI=1S/C18H18N2O3S/c21-18-9-6-13-10-14(7-8-16(13)19-18)24(22,23)20-17-11-15(17)12-4-2-1-3-5-12/h1-5,7-8,10,15,17,20H,6,9,11H2,(H,19,21)/t15-,17+/m0/s1. The van der Waals surface area contributed by atoms with Gasteiger partial charge in [0.25, 0.3) is 0 Å². The largest absolute Gasteiger partial charge is 0.326 e. The summed E-state index contributed by atoms with van der Waals surface area (Å²) in [6.45, 7) is 0. The first kappa shape index (κ1) is 15.4. The van der Waals surface area contributed by atoms with Crippen LogP contribution in [0.15, 0.2) is 53.4 Å². The Kier molecular flexibility index (Phi) is 3.66. The highest BCUT2D eigenvalue weighted by molar-refractivity contribution is 7.89. The molecular formula is C18H18N2O3S. The molecule has 0 spiro atoms. The molecule has 1 fully saturated rings. The van der Waals surface area contributed by atoms with Crippen molar-refractivity contribution in [3.05, 3.63) is 59.7 Å². The summed E-state index contributed by atoms with van der Waals surface area (Å²) in [5, 5.41) is 2.77. The molecule has 24 heavy (non-hydrogen) atoms. The van der Waals surface area contributed by atoms with Crippen LogP contribution in [0, 0.1) is 0 Å². The predicted octanol–water partition coefficient (Wildman–Crippen LogP) is 2.41. The van der Waals surface area contributed by atoms with Crippen molar-refractivity contribution < 1.29 is 13.2 Å². The van der Waals surface area contributed by atoms with Gasteiger partial charge in [-0.15, -0.1) is 0 Å². The Morgan fingerprint density at radius 2 is 1.83 bits per heavy atom. The highest BCUT2D eigenvalue weighted by Gasteiger charge is 2.41. The topological polar surface area (TPSA) is 75.3 Å². The maximum atomic E-state index is 12.6. The van der Waals surface area contributed by atoms with Gasteiger partial charge in [-0.3, -0.25) is 4.79 Å². The molecule has 1 heterocycles. The molecule has 1 saturated carbocycles. The average Bonchev–Trinajstić information content (AvgIpc) is 3.33. The molecule has 2 aromatic carbocycles. The summed E-state index contributed by atoms with van der Waals surface area (Å²) >= 11 is 0. The number of nitrogens with one attached hydrogen (secondary N) is 2. The van der Waals surface area contributed by atoms with Crippen molar-refractivity contribution in [3.8, 4) is 0 Å². The van der Waals surface area contributed by atoms with Crippen molar-refractivity contribution in [2.75, 3.05) is 5.32 Å². The van der Waals surface area contributed by atoms with E-state index in [1.54, 1.807) is 18.2 Å². The molecule has 6 heteroatoms. The molecule has 2 N–H and O–H groups in total. The highest BCUT2D eigenvalue weighted by atomic mass is 32.2. The smallest absolute Gasteiger partial charge is 0.240 e. The Bertz CT molecular complexity index is 894. The first-order valence-electron chi connectivity index (χ1n) is 8.03. The molecule has 0 saturated heterocycles. The van der Waals surface area contributed by atoms with Crippen LogP contribution < -0.4 is 10.0 Å². The zero-order valence-electron chi connectivity index (χ0n) is 13.0. The number of anilines is 1. The molecule has 0 radical (unpaired) electrons. The van der Waals surface area contributed by atoms with E-state index in [2.05, 4.69) is 10.0 Å². The lowest BCUT2D eigenvalue weighted by Gasteiger charge is -2.17. The molecule has 1 amide bonds. The third kappa shape index (κ3) is 2.95. The van der Waals surface area contributed by atoms with Gasteiger partial charge in [0, 0.05) is 24.1 Å². The summed E-state index contributed by atoms with van der Waals surface area (Å²) in [5.41, 5.74) is 2.74. The van der Waals surface area contributed by atoms with E-state index in [0.29, 0.717) is 18.5 Å². The number of amides is 1. The summed E-state index contributed by atoms with van der Waals surface area (Å²) in [4.78, 5) is 11.7. The Labute approximate surface area is 141 Å². The van der Waals surface area contributed by atoms with E-state index in [-0.39, 0.29) is 22.8 Å². The van der Waals surface area contributed by atoms with Crippen LogP contribution in [0.1, 0.15) is 29.9 Å². The van der Waals surface area contributed by atoms with Gasteiger partial charge in [0.1, 0.15) is 0 Å². The van der Waals surface area contributed by atoms with Crippen molar-refractivity contribution in [3.63, 3.8) is 0 Å². The fourth-order valence-corrected chi connectivity index (χ4v) is 4.53. The Morgan fingerprint density at radius 3 is 2.62 bits per heavy atom. The van der Waals surface area contributed by atoms with Crippen molar-refractivity contribution in [2.45, 2.75) is 36.1 Å². The number of sulfonamides is 1. The molecule has 0 bridgehead atoms. The lowest BCUT2D eigenvalue weighted by molar-refractivity contribution is -0.116. The molecule has 2 aromatic rings. The second-order valence-corrected chi connectivity index (χ2v) is 8.06. The minimum Gasteiger partial charge on any atom is -0.326 e. The average molecular weight is 342 g/mol. The van der Waals surface area contributed by atoms with E-state index in [1.807, 2.05) is 30.3 Å². The van der Waals surface area contributed by atoms with Gasteiger partial charge in [-0.1, -0.05) is 30.3 Å². The SMILES string of the molecule is O=C1CCc2cc(S(=O)(=O)N[C@@H]3C[C@H]3c3ccccc3)ccc2N1. The van der Waals surface area contributed by atoms with Crippen LogP contribution in [0.5, 0.6) is 0 Å². The van der Waals surface area contributed by atoms with Gasteiger partial charge in [0.15, 0.2) is 0 Å². The van der Waals surface area contributed by atoms with Gasteiger partial charge >= 0.3 is 0 Å². The van der Waals surface area contributed by atoms with Crippen LogP contribution >= 0.6 is 0 Å². The fraction of sp³-hybridized carbons (Fsp3) is 0.278. The molecule has 1 aliphatic carbocycles. The summed E-state index contributed by atoms with van der Waals surface area (Å²) in [5.74, 6) is 0.220. The molecule has 2 aliphatic rings. The Balaban J connectivity index is 1.51. The van der Waals surface area contributed by atoms with E-state index < -0.39 is 10.0 Å². The number of carbonyl (C=O) groups is 1. The van der Waals surface area contributed by atoms with E-state index in [4.69, 9.17) is 0 Å². The molecule has 2 atom stereocenters. The minimum absolute atomic E-state index is 0.0279. The van der Waals surface area contributed by atoms with Crippen LogP contribution in [0.2, 0.25) is 0 Å². The predicted molar refractivity (Wildman–Crippen MR) is 91.3 cm³/mol. The summed E-state index contributed by atoms with van der Waals surface area (Å²) in [6, 6.07) is 14.8. The third-order valence-electron chi connectivity index (χ3n) is 4.61. The third-order valence-corrected chi connectivity index (χ3v) is 6.09. The fourth-order valence-electron chi connectivity index (χ4n) is 3.19. The molecule has 124 valence electrons. The zero-order valence-corrected chi connectivity index (χ0v) is 13.8. The number of hydrogen-bond donors (Lipinski definition) is 2. The van der Waals surface area contributed by atoms with Crippen molar-refractivity contribution in [1.29, 1.82) is 0 Å². The second-order valence-electron chi connectivity index (χ2n) is 6.35. The van der Waals surface area contributed by atoms with Gasteiger partial charge in [-0.25, -0.2) is 13.1 Å². The molecule has 0 aromatic heterocycles. The van der Waals surface area contributed by atoms with E-state index in [9.17, 15) is 13.2 Å². The van der Waals surface area contributed by atoms with Crippen LogP contribution in [-0.4, -0.2) is 20.4 Å². The Hall–Kier alpha value is -2.18. The van der Waals surface area contributed by atoms with Gasteiger partial charge in [0.05, 0.1) is 4.90 Å². The number of hydrogen-bond acceptors (Lipinski definition) is 3. The normalized spacial score (nSPS) is 22.6. The van der Waals surface area contributed by atoms with Gasteiger partial charge in [0.2, 0.25) is 15.9 Å². The van der Waals surface area contributed by atoms with E-state index >= 15 is 0 Å². The minimum atomic E-state index is -3.55. The number of aryl methyl sites for hydroxylation is 1. The van der Waals surface area contributed by atoms with Crippen LogP contribution in [0.25, 0.3) is 0 Å². The first-order valence-corrected chi connectivity index (χ1v) is 9.51. The zero-order chi connectivity index (χ0) is 16.7. The maximum Gasteiger partial charge on any atom is 0.240 e. The van der Waals surface area contributed by atoms with Crippen LogP contribution in [0.3, 0.4) is 0 Å². The highest BCUT2D eigenvalue weighted by Crippen LogP contribution is 2.41. The lowest BCUT2D eigenvalue weighted by Crippen LogP contribution is -2.27. The first-order chi connectivity index (χ1) is 11.5. The van der Waals surface area contributed by atoms with Gasteiger partial charge in [-0.05, 0) is 42.2 Å². The van der Waals surface area contributed by atoms with E-state index in [0.717, 1.165) is 12.0 Å². The van der Waals surface area contributed by atoms with Gasteiger partial charge < -0.3 is 5.32 Å². The number of fused-ring (bicyclic) bond motifs is 1. The number of carbonyl (C=O) groups excluding carboxylic acids is 1. The molecule has 1 aliphatic heterocycles. The summed E-state index contributed by atoms with van der Waals surface area (Å²) in [7, 11) is -3.55. The second kappa shape index (κ2) is 5.72. The molecule has 5 nitrogen and oxygen atoms in total. The van der Waals surface area contributed by atoms with E-state index in [1.165, 1.54) is 5.56 Å². The maximum absolute atomic E-state index is 12.6. The number of rotatable bonds is 4. The summed E-state index contributed by atoms with van der Waals surface area (Å²) < 4.78 is 28.0. The molecule has 0 unspecified atom stereocenters. The quantitative estimate of drug-likeness (QED) is 0.896. The molecule has 4 rings (SSSR count). The van der Waals surface area contributed by atoms with Crippen molar-refractivity contribution in [2.24, 2.45) is 0 Å². The number of benzene rings is 2. The van der Waals surface area contributed by atoms with Crippen molar-refractivity contribution >= 4 is 21.6 Å². The lowest BCUT2D eigenvalue weighted by atomic mass is 10.0. The monoisotopic (exact) mass is 342 g/mol. The van der Waals surface area contributed by atoms with Crippen LogP contribution in [-0.2, 0) is 21.2 Å². The Morgan fingerprint density at radius 1 is 1.04 bits per heavy atom. The molecular weight excluding hydrogens is 324 g/mol. The van der Waals surface area contributed by atoms with Gasteiger partial charge in [-0.2, -0.15) is 0 Å².